The lowest BCUT2D eigenvalue weighted by Gasteiger charge is -2.41. The molecule has 1 unspecified atom stereocenters. The monoisotopic (exact) mass is 414 g/mol. The van der Waals surface area contributed by atoms with Crippen LogP contribution in [0.2, 0.25) is 0 Å². The smallest absolute Gasteiger partial charge is 0.237 e. The molecule has 2 N–H and O–H groups in total. The summed E-state index contributed by atoms with van der Waals surface area (Å²) < 4.78 is 5.42. The average Bonchev–Trinajstić information content (AvgIpc) is 2.76. The molecule has 7 heteroatoms. The number of ether oxygens (including phenoxy) is 1. The molecule has 0 aromatic heterocycles. The maximum absolute atomic E-state index is 12.6. The first-order chi connectivity index (χ1) is 14.5. The van der Waals surface area contributed by atoms with Crippen molar-refractivity contribution in [2.45, 2.75) is 31.8 Å². The second-order valence-corrected chi connectivity index (χ2v) is 8.51. The molecule has 7 nitrogen and oxygen atoms in total. The standard InChI is InChI=1S/C23H34N4O3/c1-23(2,27-13-15-30-16-14-27)18-25-21(28)17-20-22(29)24-10-12-26(20)11-6-9-19-7-4-3-5-8-19/h3-9,20H,10-18H2,1-2H3,(H,24,29)(H,25,28)/b9-6+. The van der Waals surface area contributed by atoms with Gasteiger partial charge >= 0.3 is 0 Å². The van der Waals surface area contributed by atoms with E-state index in [1.54, 1.807) is 0 Å². The Morgan fingerprint density at radius 3 is 2.70 bits per heavy atom. The van der Waals surface area contributed by atoms with Crippen molar-refractivity contribution >= 4 is 17.9 Å². The van der Waals surface area contributed by atoms with Gasteiger partial charge in [0, 0.05) is 44.8 Å². The van der Waals surface area contributed by atoms with Gasteiger partial charge in [-0.2, -0.15) is 0 Å². The number of carbonyl (C=O) groups excluding carboxylic acids is 2. The highest BCUT2D eigenvalue weighted by Crippen LogP contribution is 2.16. The van der Waals surface area contributed by atoms with Gasteiger partial charge < -0.3 is 15.4 Å². The average molecular weight is 415 g/mol. The predicted molar refractivity (Wildman–Crippen MR) is 118 cm³/mol. The van der Waals surface area contributed by atoms with E-state index in [9.17, 15) is 9.59 Å². The van der Waals surface area contributed by atoms with Crippen molar-refractivity contribution in [1.29, 1.82) is 0 Å². The molecule has 2 fully saturated rings. The van der Waals surface area contributed by atoms with E-state index in [4.69, 9.17) is 4.74 Å². The number of rotatable bonds is 8. The third kappa shape index (κ3) is 6.39. The van der Waals surface area contributed by atoms with Crippen molar-refractivity contribution in [3.8, 4) is 0 Å². The van der Waals surface area contributed by atoms with Crippen molar-refractivity contribution in [3.05, 3.63) is 42.0 Å². The van der Waals surface area contributed by atoms with Gasteiger partial charge in [-0.05, 0) is 19.4 Å². The Morgan fingerprint density at radius 1 is 1.23 bits per heavy atom. The van der Waals surface area contributed by atoms with E-state index in [0.29, 0.717) is 19.6 Å². The summed E-state index contributed by atoms with van der Waals surface area (Å²) in [5.41, 5.74) is 0.977. The van der Waals surface area contributed by atoms with Crippen LogP contribution in [-0.2, 0) is 14.3 Å². The fraction of sp³-hybridized carbons (Fsp3) is 0.565. The number of benzene rings is 1. The fourth-order valence-electron chi connectivity index (χ4n) is 3.93. The summed E-state index contributed by atoms with van der Waals surface area (Å²) in [6, 6.07) is 9.63. The molecule has 0 saturated carbocycles. The molecule has 2 aliphatic heterocycles. The van der Waals surface area contributed by atoms with Crippen LogP contribution in [0.15, 0.2) is 36.4 Å². The number of nitrogens with one attached hydrogen (secondary N) is 2. The SMILES string of the molecule is CC(C)(CNC(=O)CC1C(=O)NCCN1C/C=C/c1ccccc1)N1CCOCC1. The minimum atomic E-state index is -0.439. The van der Waals surface area contributed by atoms with Gasteiger partial charge in [0.05, 0.1) is 25.7 Å². The van der Waals surface area contributed by atoms with Gasteiger partial charge in [-0.25, -0.2) is 0 Å². The molecule has 1 aromatic carbocycles. The lowest BCUT2D eigenvalue weighted by atomic mass is 10.0. The van der Waals surface area contributed by atoms with Crippen molar-refractivity contribution in [2.75, 3.05) is 52.5 Å². The summed E-state index contributed by atoms with van der Waals surface area (Å²) >= 11 is 0. The minimum Gasteiger partial charge on any atom is -0.379 e. The van der Waals surface area contributed by atoms with Gasteiger partial charge in [0.25, 0.3) is 0 Å². The first-order valence-corrected chi connectivity index (χ1v) is 10.8. The van der Waals surface area contributed by atoms with E-state index in [2.05, 4.69) is 46.4 Å². The van der Waals surface area contributed by atoms with Crippen LogP contribution in [0.4, 0.5) is 0 Å². The molecular formula is C23H34N4O3. The van der Waals surface area contributed by atoms with Crippen LogP contribution >= 0.6 is 0 Å². The molecule has 0 spiro atoms. The van der Waals surface area contributed by atoms with Gasteiger partial charge in [-0.15, -0.1) is 0 Å². The number of morpholine rings is 1. The van der Waals surface area contributed by atoms with Crippen LogP contribution in [-0.4, -0.2) is 85.7 Å². The highest BCUT2D eigenvalue weighted by molar-refractivity contribution is 5.88. The summed E-state index contributed by atoms with van der Waals surface area (Å²) in [5.74, 6) is -0.160. The number of piperazine rings is 1. The van der Waals surface area contributed by atoms with E-state index in [0.717, 1.165) is 38.4 Å². The fourth-order valence-corrected chi connectivity index (χ4v) is 3.93. The Kier molecular flexibility index (Phi) is 8.01. The maximum Gasteiger partial charge on any atom is 0.237 e. The number of nitrogens with zero attached hydrogens (tertiary/aromatic N) is 2. The van der Waals surface area contributed by atoms with Crippen molar-refractivity contribution < 1.29 is 14.3 Å². The first kappa shape index (κ1) is 22.5. The summed E-state index contributed by atoms with van der Waals surface area (Å²) in [4.78, 5) is 29.5. The van der Waals surface area contributed by atoms with Crippen LogP contribution in [0.5, 0.6) is 0 Å². The third-order valence-corrected chi connectivity index (χ3v) is 5.86. The van der Waals surface area contributed by atoms with E-state index in [1.807, 2.05) is 30.3 Å². The lowest BCUT2D eigenvalue weighted by molar-refractivity contribution is -0.133. The Labute approximate surface area is 179 Å². The van der Waals surface area contributed by atoms with Crippen molar-refractivity contribution in [1.82, 2.24) is 20.4 Å². The van der Waals surface area contributed by atoms with Crippen LogP contribution in [0.25, 0.3) is 6.08 Å². The molecule has 164 valence electrons. The molecule has 2 saturated heterocycles. The Hall–Kier alpha value is -2.22. The van der Waals surface area contributed by atoms with E-state index in [1.165, 1.54) is 0 Å². The summed E-state index contributed by atoms with van der Waals surface area (Å²) in [5, 5.41) is 5.94. The van der Waals surface area contributed by atoms with Crippen LogP contribution in [0.1, 0.15) is 25.8 Å². The van der Waals surface area contributed by atoms with E-state index < -0.39 is 6.04 Å². The number of carbonyl (C=O) groups is 2. The molecule has 2 amide bonds. The molecule has 30 heavy (non-hydrogen) atoms. The van der Waals surface area contributed by atoms with Gasteiger partial charge in [-0.1, -0.05) is 42.5 Å². The number of hydrogen-bond donors (Lipinski definition) is 2. The van der Waals surface area contributed by atoms with Gasteiger partial charge in [0.15, 0.2) is 0 Å². The molecule has 0 radical (unpaired) electrons. The topological polar surface area (TPSA) is 73.9 Å². The quantitative estimate of drug-likeness (QED) is 0.667. The second-order valence-electron chi connectivity index (χ2n) is 8.51. The summed E-state index contributed by atoms with van der Waals surface area (Å²) in [6.07, 6.45) is 4.28. The molecule has 2 aliphatic rings. The minimum absolute atomic E-state index is 0.0723. The predicted octanol–water partition coefficient (Wildman–Crippen LogP) is 1.12. The molecule has 1 aromatic rings. The first-order valence-electron chi connectivity index (χ1n) is 10.8. The lowest BCUT2D eigenvalue weighted by Crippen LogP contribution is -2.58. The van der Waals surface area contributed by atoms with Crippen molar-refractivity contribution in [2.24, 2.45) is 0 Å². The number of amides is 2. The van der Waals surface area contributed by atoms with Crippen LogP contribution in [0.3, 0.4) is 0 Å². The third-order valence-electron chi connectivity index (χ3n) is 5.86. The highest BCUT2D eigenvalue weighted by Gasteiger charge is 2.32. The largest absolute Gasteiger partial charge is 0.379 e. The Bertz CT molecular complexity index is 729. The van der Waals surface area contributed by atoms with Gasteiger partial charge in [-0.3, -0.25) is 19.4 Å². The van der Waals surface area contributed by atoms with E-state index in [-0.39, 0.29) is 23.8 Å². The zero-order valence-corrected chi connectivity index (χ0v) is 18.1. The second kappa shape index (κ2) is 10.7. The van der Waals surface area contributed by atoms with E-state index >= 15 is 0 Å². The molecule has 0 bridgehead atoms. The highest BCUT2D eigenvalue weighted by atomic mass is 16.5. The molecule has 3 rings (SSSR count). The van der Waals surface area contributed by atoms with Crippen molar-refractivity contribution in [3.63, 3.8) is 0 Å². The van der Waals surface area contributed by atoms with Gasteiger partial charge in [0.1, 0.15) is 0 Å². The zero-order valence-electron chi connectivity index (χ0n) is 18.1. The van der Waals surface area contributed by atoms with Crippen LogP contribution in [0, 0.1) is 0 Å². The Balaban J connectivity index is 1.52. The van der Waals surface area contributed by atoms with Crippen LogP contribution < -0.4 is 10.6 Å². The summed E-state index contributed by atoms with van der Waals surface area (Å²) in [7, 11) is 0. The molecular weight excluding hydrogens is 380 g/mol. The molecule has 0 aliphatic carbocycles. The molecule has 2 heterocycles. The van der Waals surface area contributed by atoms with Gasteiger partial charge in [0.2, 0.25) is 11.8 Å². The maximum atomic E-state index is 12.6. The normalized spacial score (nSPS) is 21.5. The summed E-state index contributed by atoms with van der Waals surface area (Å²) in [6.45, 7) is 10.00. The Morgan fingerprint density at radius 2 is 1.97 bits per heavy atom. The molecule has 1 atom stereocenters. The zero-order chi connectivity index (χ0) is 21.4. The number of hydrogen-bond acceptors (Lipinski definition) is 5.